The van der Waals surface area contributed by atoms with Crippen LogP contribution >= 0.6 is 0 Å². The standard InChI is InChI=1S/C13H12N4O/c14-5-10-4-12-9(6-16-10)8-17(13(12)18)11-2-1-3-15-7-11/h1-4,6-7H,5,8,14H2. The van der Waals surface area contributed by atoms with E-state index in [1.165, 1.54) is 0 Å². The van der Waals surface area contributed by atoms with Crippen molar-refractivity contribution in [2.75, 3.05) is 4.90 Å². The zero-order chi connectivity index (χ0) is 12.5. The highest BCUT2D eigenvalue weighted by Gasteiger charge is 2.29. The lowest BCUT2D eigenvalue weighted by Crippen LogP contribution is -2.23. The van der Waals surface area contributed by atoms with Crippen LogP contribution in [-0.4, -0.2) is 15.9 Å². The number of carbonyl (C=O) groups is 1. The van der Waals surface area contributed by atoms with Crippen LogP contribution < -0.4 is 10.6 Å². The molecule has 1 aliphatic heterocycles. The highest BCUT2D eigenvalue weighted by molar-refractivity contribution is 6.09. The average Bonchev–Trinajstić information content (AvgIpc) is 2.77. The first-order valence-corrected chi connectivity index (χ1v) is 5.69. The molecule has 0 saturated carbocycles. The minimum absolute atomic E-state index is 0.0184. The summed E-state index contributed by atoms with van der Waals surface area (Å²) in [6, 6.07) is 5.46. The lowest BCUT2D eigenvalue weighted by Gasteiger charge is -2.14. The van der Waals surface area contributed by atoms with Crippen LogP contribution in [0.5, 0.6) is 0 Å². The van der Waals surface area contributed by atoms with Crippen LogP contribution in [0.15, 0.2) is 36.8 Å². The second-order valence-electron chi connectivity index (χ2n) is 4.14. The highest BCUT2D eigenvalue weighted by atomic mass is 16.2. The van der Waals surface area contributed by atoms with Crippen molar-refractivity contribution in [1.82, 2.24) is 9.97 Å². The topological polar surface area (TPSA) is 72.1 Å². The lowest BCUT2D eigenvalue weighted by atomic mass is 10.1. The summed E-state index contributed by atoms with van der Waals surface area (Å²) in [6.45, 7) is 0.880. The lowest BCUT2D eigenvalue weighted by molar-refractivity contribution is 0.0996. The molecule has 0 atom stereocenters. The molecule has 3 rings (SSSR count). The second-order valence-corrected chi connectivity index (χ2v) is 4.14. The number of anilines is 1. The van der Waals surface area contributed by atoms with E-state index in [2.05, 4.69) is 9.97 Å². The second kappa shape index (κ2) is 4.19. The molecule has 0 saturated heterocycles. The van der Waals surface area contributed by atoms with Gasteiger partial charge in [-0.1, -0.05) is 0 Å². The Balaban J connectivity index is 1.99. The van der Waals surface area contributed by atoms with Gasteiger partial charge < -0.3 is 10.6 Å². The van der Waals surface area contributed by atoms with Gasteiger partial charge in [-0.05, 0) is 18.2 Å². The Morgan fingerprint density at radius 1 is 1.39 bits per heavy atom. The quantitative estimate of drug-likeness (QED) is 0.853. The number of carbonyl (C=O) groups excluding carboxylic acids is 1. The summed E-state index contributed by atoms with van der Waals surface area (Å²) in [5.41, 5.74) is 8.69. The molecule has 3 heterocycles. The van der Waals surface area contributed by atoms with Crippen molar-refractivity contribution < 1.29 is 4.79 Å². The highest BCUT2D eigenvalue weighted by Crippen LogP contribution is 2.27. The van der Waals surface area contributed by atoms with Gasteiger partial charge in [-0.25, -0.2) is 0 Å². The molecule has 0 fully saturated rings. The third-order valence-electron chi connectivity index (χ3n) is 3.01. The van der Waals surface area contributed by atoms with E-state index in [0.29, 0.717) is 18.7 Å². The predicted octanol–water partition coefficient (Wildman–Crippen LogP) is 1.10. The molecular formula is C13H12N4O. The summed E-state index contributed by atoms with van der Waals surface area (Å²) in [4.78, 5) is 22.2. The fraction of sp³-hybridized carbons (Fsp3) is 0.154. The molecule has 0 spiro atoms. The number of aromatic nitrogens is 2. The normalized spacial score (nSPS) is 13.8. The van der Waals surface area contributed by atoms with E-state index in [9.17, 15) is 4.79 Å². The zero-order valence-electron chi connectivity index (χ0n) is 9.71. The van der Waals surface area contributed by atoms with E-state index >= 15 is 0 Å². The van der Waals surface area contributed by atoms with Crippen molar-refractivity contribution in [3.63, 3.8) is 0 Å². The first kappa shape index (κ1) is 10.9. The largest absolute Gasteiger partial charge is 0.325 e. The van der Waals surface area contributed by atoms with Gasteiger partial charge in [0.25, 0.3) is 5.91 Å². The molecule has 0 aromatic carbocycles. The Labute approximate surface area is 104 Å². The summed E-state index contributed by atoms with van der Waals surface area (Å²) in [6.07, 6.45) is 5.10. The van der Waals surface area contributed by atoms with Gasteiger partial charge in [-0.3, -0.25) is 14.8 Å². The molecule has 18 heavy (non-hydrogen) atoms. The van der Waals surface area contributed by atoms with E-state index in [4.69, 9.17) is 5.73 Å². The van der Waals surface area contributed by atoms with Crippen LogP contribution in [0.25, 0.3) is 0 Å². The van der Waals surface area contributed by atoms with E-state index in [-0.39, 0.29) is 5.91 Å². The molecule has 2 N–H and O–H groups in total. The van der Waals surface area contributed by atoms with Gasteiger partial charge in [0.05, 0.1) is 24.1 Å². The van der Waals surface area contributed by atoms with Crippen LogP contribution in [-0.2, 0) is 13.1 Å². The summed E-state index contributed by atoms with van der Waals surface area (Å²) in [5, 5.41) is 0. The van der Waals surface area contributed by atoms with Crippen molar-refractivity contribution in [3.05, 3.63) is 53.6 Å². The van der Waals surface area contributed by atoms with Crippen molar-refractivity contribution in [1.29, 1.82) is 0 Å². The third kappa shape index (κ3) is 1.65. The van der Waals surface area contributed by atoms with Crippen molar-refractivity contribution in [2.45, 2.75) is 13.1 Å². The monoisotopic (exact) mass is 240 g/mol. The van der Waals surface area contributed by atoms with Gasteiger partial charge in [0.2, 0.25) is 0 Å². The van der Waals surface area contributed by atoms with E-state index in [1.54, 1.807) is 29.6 Å². The van der Waals surface area contributed by atoms with E-state index in [1.807, 2.05) is 12.1 Å². The summed E-state index contributed by atoms with van der Waals surface area (Å²) in [5.74, 6) is -0.0184. The number of fused-ring (bicyclic) bond motifs is 1. The van der Waals surface area contributed by atoms with Gasteiger partial charge >= 0.3 is 0 Å². The third-order valence-corrected chi connectivity index (χ3v) is 3.01. The summed E-state index contributed by atoms with van der Waals surface area (Å²) in [7, 11) is 0. The summed E-state index contributed by atoms with van der Waals surface area (Å²) >= 11 is 0. The molecule has 90 valence electrons. The number of rotatable bonds is 2. The number of hydrogen-bond donors (Lipinski definition) is 1. The maximum absolute atomic E-state index is 12.3. The summed E-state index contributed by atoms with van der Waals surface area (Å²) < 4.78 is 0. The van der Waals surface area contributed by atoms with Crippen molar-refractivity contribution in [3.8, 4) is 0 Å². The maximum atomic E-state index is 12.3. The number of hydrogen-bond acceptors (Lipinski definition) is 4. The Bertz CT molecular complexity index is 597. The fourth-order valence-corrected chi connectivity index (χ4v) is 2.07. The van der Waals surface area contributed by atoms with Crippen molar-refractivity contribution in [2.24, 2.45) is 5.73 Å². The molecule has 2 aromatic heterocycles. The molecule has 2 aromatic rings. The SMILES string of the molecule is NCc1cc2c(cn1)CN(c1cccnc1)C2=O. The Morgan fingerprint density at radius 3 is 3.00 bits per heavy atom. The van der Waals surface area contributed by atoms with Gasteiger partial charge in [0, 0.05) is 30.1 Å². The van der Waals surface area contributed by atoms with Crippen LogP contribution in [0.3, 0.4) is 0 Å². The molecule has 1 aliphatic rings. The van der Waals surface area contributed by atoms with Gasteiger partial charge in [0.1, 0.15) is 0 Å². The average molecular weight is 240 g/mol. The number of nitrogens with zero attached hydrogens (tertiary/aromatic N) is 3. The van der Waals surface area contributed by atoms with Crippen LogP contribution in [0.2, 0.25) is 0 Å². The molecular weight excluding hydrogens is 228 g/mol. The molecule has 0 radical (unpaired) electrons. The predicted molar refractivity (Wildman–Crippen MR) is 66.9 cm³/mol. The van der Waals surface area contributed by atoms with E-state index in [0.717, 1.165) is 16.9 Å². The number of pyridine rings is 2. The molecule has 0 unspecified atom stereocenters. The number of amides is 1. The van der Waals surface area contributed by atoms with Gasteiger partial charge in [0.15, 0.2) is 0 Å². The smallest absolute Gasteiger partial charge is 0.259 e. The first-order chi connectivity index (χ1) is 8.79. The molecule has 1 amide bonds. The Kier molecular flexibility index (Phi) is 2.53. The Morgan fingerprint density at radius 2 is 2.28 bits per heavy atom. The molecule has 0 bridgehead atoms. The van der Waals surface area contributed by atoms with Crippen LogP contribution in [0.1, 0.15) is 21.6 Å². The first-order valence-electron chi connectivity index (χ1n) is 5.69. The zero-order valence-corrected chi connectivity index (χ0v) is 9.71. The fourth-order valence-electron chi connectivity index (χ4n) is 2.07. The van der Waals surface area contributed by atoms with Gasteiger partial charge in [-0.15, -0.1) is 0 Å². The number of nitrogens with two attached hydrogens (primary N) is 1. The van der Waals surface area contributed by atoms with E-state index < -0.39 is 0 Å². The van der Waals surface area contributed by atoms with Crippen LogP contribution in [0, 0.1) is 0 Å². The minimum Gasteiger partial charge on any atom is -0.325 e. The van der Waals surface area contributed by atoms with Crippen molar-refractivity contribution >= 4 is 11.6 Å². The molecule has 5 nitrogen and oxygen atoms in total. The maximum Gasteiger partial charge on any atom is 0.259 e. The Hall–Kier alpha value is -2.27. The minimum atomic E-state index is -0.0184. The van der Waals surface area contributed by atoms with Gasteiger partial charge in [-0.2, -0.15) is 0 Å². The molecule has 5 heteroatoms. The molecule has 0 aliphatic carbocycles. The van der Waals surface area contributed by atoms with Crippen LogP contribution in [0.4, 0.5) is 5.69 Å².